The first kappa shape index (κ1) is 26.0. The summed E-state index contributed by atoms with van der Waals surface area (Å²) < 4.78 is 41.6. The van der Waals surface area contributed by atoms with Gasteiger partial charge in [-0.1, -0.05) is 25.1 Å². The van der Waals surface area contributed by atoms with Gasteiger partial charge in [0.25, 0.3) is 0 Å². The number of halogens is 1. The summed E-state index contributed by atoms with van der Waals surface area (Å²) in [5.74, 6) is 0.0713. The van der Waals surface area contributed by atoms with E-state index in [4.69, 9.17) is 0 Å². The van der Waals surface area contributed by atoms with Crippen molar-refractivity contribution >= 4 is 26.5 Å². The molecule has 2 aromatic carbocycles. The van der Waals surface area contributed by atoms with Crippen LogP contribution in [-0.4, -0.2) is 82.2 Å². The molecule has 0 radical (unpaired) electrons. The van der Waals surface area contributed by atoms with Crippen LogP contribution in [0.3, 0.4) is 0 Å². The first-order valence-electron chi connectivity index (χ1n) is 12.3. The topological polar surface area (TPSA) is 147 Å². The van der Waals surface area contributed by atoms with Crippen LogP contribution < -0.4 is 4.72 Å². The number of phenols is 1. The van der Waals surface area contributed by atoms with E-state index >= 15 is 4.39 Å². The number of aromatic amines is 2. The summed E-state index contributed by atoms with van der Waals surface area (Å²) in [6.45, 7) is 2.49. The van der Waals surface area contributed by atoms with Crippen LogP contribution in [0.2, 0.25) is 0 Å². The smallest absolute Gasteiger partial charge is 0.212 e. The predicted molar refractivity (Wildman–Crippen MR) is 143 cm³/mol. The first-order chi connectivity index (χ1) is 18.2. The third kappa shape index (κ3) is 4.83. The average Bonchev–Trinajstić information content (AvgIpc) is 3.66. The lowest BCUT2D eigenvalue weighted by atomic mass is 9.96. The Morgan fingerprint density at radius 3 is 2.76 bits per heavy atom. The van der Waals surface area contributed by atoms with Crippen molar-refractivity contribution in [1.82, 2.24) is 29.8 Å². The Balaban J connectivity index is 1.42. The van der Waals surface area contributed by atoms with Crippen molar-refractivity contribution < 1.29 is 23.0 Å². The van der Waals surface area contributed by atoms with Crippen LogP contribution in [0.15, 0.2) is 42.6 Å². The number of aryl methyl sites for hydroxylation is 1. The minimum absolute atomic E-state index is 0.0797. The zero-order valence-electron chi connectivity index (χ0n) is 21.0. The molecule has 12 heteroatoms. The number of benzene rings is 2. The standard InChI is InChI=1S/C26H29FN6O4S/c1-3-15-11-18(35)4-5-19(15)20-6-7-21-24(23(20)27)31-32-25(21)26-29-12-22(30-26)16-10-17(14-34)33(13-16)8-9-38(36,37)28-2/h4-7,10-12,17,28,34-35H,3,8-9,13-14H2,1-2H3,(H,29,30)(H,31,32)/t17-/m1/s1. The number of phenolic OH excluding ortho intramolecular Hbond substituents is 1. The Morgan fingerprint density at radius 2 is 2.03 bits per heavy atom. The van der Waals surface area contributed by atoms with Gasteiger partial charge in [0.2, 0.25) is 10.0 Å². The molecule has 1 aliphatic heterocycles. The Labute approximate surface area is 219 Å². The zero-order valence-corrected chi connectivity index (χ0v) is 21.8. The van der Waals surface area contributed by atoms with E-state index in [-0.39, 0.29) is 36.2 Å². The van der Waals surface area contributed by atoms with Gasteiger partial charge < -0.3 is 15.2 Å². The van der Waals surface area contributed by atoms with E-state index in [2.05, 4.69) is 24.9 Å². The fraction of sp³-hybridized carbons (Fsp3) is 0.308. The second-order valence-electron chi connectivity index (χ2n) is 9.19. The van der Waals surface area contributed by atoms with Crippen LogP contribution in [0.5, 0.6) is 5.75 Å². The SMILES string of the molecule is CCc1cc(O)ccc1-c1ccc2c(-c3nc(C4=C[C@H](CO)N(CCS(=O)(=O)NC)C4)c[nH]3)n[nH]c2c1F. The highest BCUT2D eigenvalue weighted by atomic mass is 32.2. The lowest BCUT2D eigenvalue weighted by Crippen LogP contribution is -2.38. The van der Waals surface area contributed by atoms with Crippen molar-refractivity contribution in [3.8, 4) is 28.4 Å². The first-order valence-corrected chi connectivity index (χ1v) is 13.9. The zero-order chi connectivity index (χ0) is 27.0. The van der Waals surface area contributed by atoms with Crippen LogP contribution >= 0.6 is 0 Å². The summed E-state index contributed by atoms with van der Waals surface area (Å²) in [6, 6.07) is 8.07. The molecule has 0 fully saturated rings. The number of nitrogens with zero attached hydrogens (tertiary/aromatic N) is 3. The molecule has 0 spiro atoms. The molecule has 1 aliphatic rings. The summed E-state index contributed by atoms with van der Waals surface area (Å²) in [6.07, 6.45) is 4.24. The molecule has 0 unspecified atom stereocenters. The summed E-state index contributed by atoms with van der Waals surface area (Å²) in [5.41, 5.74) is 4.16. The van der Waals surface area contributed by atoms with E-state index in [9.17, 15) is 18.6 Å². The van der Waals surface area contributed by atoms with E-state index < -0.39 is 15.8 Å². The minimum atomic E-state index is -3.37. The number of nitrogens with one attached hydrogen (secondary N) is 3. The van der Waals surface area contributed by atoms with Crippen LogP contribution in [0, 0.1) is 5.82 Å². The molecule has 5 N–H and O–H groups in total. The van der Waals surface area contributed by atoms with Gasteiger partial charge in [0.1, 0.15) is 17.0 Å². The number of rotatable bonds is 9. The van der Waals surface area contributed by atoms with Crippen LogP contribution in [0.4, 0.5) is 4.39 Å². The Hall–Kier alpha value is -3.58. The fourth-order valence-corrected chi connectivity index (χ4v) is 5.51. The molecule has 0 amide bonds. The monoisotopic (exact) mass is 540 g/mol. The molecule has 2 aromatic heterocycles. The Morgan fingerprint density at radius 1 is 1.24 bits per heavy atom. The minimum Gasteiger partial charge on any atom is -0.508 e. The molecule has 38 heavy (non-hydrogen) atoms. The van der Waals surface area contributed by atoms with Gasteiger partial charge in [0.15, 0.2) is 11.6 Å². The Kier molecular flexibility index (Phi) is 7.05. The van der Waals surface area contributed by atoms with Gasteiger partial charge in [0, 0.05) is 30.2 Å². The number of hydrogen-bond donors (Lipinski definition) is 5. The lowest BCUT2D eigenvalue weighted by Gasteiger charge is -2.22. The van der Waals surface area contributed by atoms with E-state index in [1.807, 2.05) is 17.9 Å². The molecular weight excluding hydrogens is 511 g/mol. The summed E-state index contributed by atoms with van der Waals surface area (Å²) >= 11 is 0. The number of sulfonamides is 1. The van der Waals surface area contributed by atoms with Crippen molar-refractivity contribution in [3.63, 3.8) is 0 Å². The van der Waals surface area contributed by atoms with Crippen LogP contribution in [0.1, 0.15) is 18.2 Å². The van der Waals surface area contributed by atoms with Gasteiger partial charge in [-0.25, -0.2) is 22.5 Å². The number of aliphatic hydroxyl groups excluding tert-OH is 1. The number of H-pyrrole nitrogens is 2. The molecule has 0 saturated carbocycles. The normalized spacial score (nSPS) is 16.4. The molecule has 0 saturated heterocycles. The largest absolute Gasteiger partial charge is 0.508 e. The second-order valence-corrected chi connectivity index (χ2v) is 11.2. The maximum atomic E-state index is 15.6. The molecule has 3 heterocycles. The third-order valence-electron chi connectivity index (χ3n) is 6.95. The van der Waals surface area contributed by atoms with E-state index in [1.54, 1.807) is 36.5 Å². The van der Waals surface area contributed by atoms with Gasteiger partial charge in [-0.3, -0.25) is 10.00 Å². The maximum absolute atomic E-state index is 15.6. The number of hydrogen-bond acceptors (Lipinski definition) is 7. The molecular formula is C26H29FN6O4S. The van der Waals surface area contributed by atoms with Crippen molar-refractivity contribution in [2.75, 3.05) is 32.5 Å². The van der Waals surface area contributed by atoms with Crippen molar-refractivity contribution in [2.24, 2.45) is 0 Å². The number of aromatic hydroxyl groups is 1. The number of aromatic nitrogens is 4. The van der Waals surface area contributed by atoms with E-state index in [1.165, 1.54) is 7.05 Å². The highest BCUT2D eigenvalue weighted by Gasteiger charge is 2.28. The molecule has 200 valence electrons. The average molecular weight is 541 g/mol. The fourth-order valence-electron chi connectivity index (χ4n) is 4.83. The van der Waals surface area contributed by atoms with Crippen molar-refractivity contribution in [2.45, 2.75) is 19.4 Å². The lowest BCUT2D eigenvalue weighted by molar-refractivity contribution is 0.181. The molecule has 4 aromatic rings. The molecule has 0 bridgehead atoms. The van der Waals surface area contributed by atoms with E-state index in [0.29, 0.717) is 46.7 Å². The molecule has 1 atom stereocenters. The van der Waals surface area contributed by atoms with Gasteiger partial charge in [-0.15, -0.1) is 0 Å². The van der Waals surface area contributed by atoms with E-state index in [0.717, 1.165) is 11.1 Å². The highest BCUT2D eigenvalue weighted by Crippen LogP contribution is 2.35. The van der Waals surface area contributed by atoms with Gasteiger partial charge >= 0.3 is 0 Å². The quantitative estimate of drug-likeness (QED) is 0.219. The summed E-state index contributed by atoms with van der Waals surface area (Å²) in [5, 5.41) is 27.3. The number of imidazole rings is 1. The summed E-state index contributed by atoms with van der Waals surface area (Å²) in [4.78, 5) is 9.66. The third-order valence-corrected chi connectivity index (χ3v) is 8.29. The predicted octanol–water partition coefficient (Wildman–Crippen LogP) is 2.64. The number of aliphatic hydroxyl groups is 1. The van der Waals surface area contributed by atoms with Crippen molar-refractivity contribution in [1.29, 1.82) is 0 Å². The molecule has 0 aliphatic carbocycles. The molecule has 5 rings (SSSR count). The van der Waals surface area contributed by atoms with Crippen LogP contribution in [-0.2, 0) is 16.4 Å². The molecule has 10 nitrogen and oxygen atoms in total. The Bertz CT molecular complexity index is 1630. The van der Waals surface area contributed by atoms with Gasteiger partial charge in [-0.2, -0.15) is 5.10 Å². The van der Waals surface area contributed by atoms with Crippen molar-refractivity contribution in [3.05, 3.63) is 59.7 Å². The number of fused-ring (bicyclic) bond motifs is 1. The maximum Gasteiger partial charge on any atom is 0.212 e. The van der Waals surface area contributed by atoms with Gasteiger partial charge in [-0.05, 0) is 48.4 Å². The van der Waals surface area contributed by atoms with Gasteiger partial charge in [0.05, 0.1) is 24.1 Å². The van der Waals surface area contributed by atoms with Crippen LogP contribution in [0.25, 0.3) is 39.1 Å². The summed E-state index contributed by atoms with van der Waals surface area (Å²) in [7, 11) is -2.00. The highest BCUT2D eigenvalue weighted by molar-refractivity contribution is 7.89. The second kappa shape index (κ2) is 10.3.